The van der Waals surface area contributed by atoms with Crippen LogP contribution in [0.5, 0.6) is 11.5 Å². The Hall–Kier alpha value is -2.67. The Morgan fingerprint density at radius 3 is 2.22 bits per heavy atom. The first-order chi connectivity index (χ1) is 12.8. The number of nitrogens with two attached hydrogens (primary N) is 1. The molecule has 0 unspecified atom stereocenters. The van der Waals surface area contributed by atoms with Crippen LogP contribution in [0.4, 0.5) is 0 Å². The largest absolute Gasteiger partial charge is 0.493 e. The lowest BCUT2D eigenvalue weighted by molar-refractivity contribution is 0.355. The number of nitrogens with zero attached hydrogens (tertiary/aromatic N) is 2. The average Bonchev–Trinajstić information content (AvgIpc) is 2.63. The number of fused-ring (bicyclic) bond motifs is 1. The van der Waals surface area contributed by atoms with Crippen LogP contribution in [0.3, 0.4) is 0 Å². The molecule has 27 heavy (non-hydrogen) atoms. The van der Waals surface area contributed by atoms with E-state index in [9.17, 15) is 4.79 Å². The molecule has 0 fully saturated rings. The highest BCUT2D eigenvalue weighted by Gasteiger charge is 2.15. The van der Waals surface area contributed by atoms with Gasteiger partial charge in [0.2, 0.25) is 0 Å². The van der Waals surface area contributed by atoms with Gasteiger partial charge in [-0.05, 0) is 43.5 Å². The fourth-order valence-corrected chi connectivity index (χ4v) is 4.30. The highest BCUT2D eigenvalue weighted by molar-refractivity contribution is 7.98. The Labute approximate surface area is 162 Å². The molecule has 0 spiro atoms. The Bertz CT molecular complexity index is 1050. The molecule has 6 nitrogen and oxygen atoms in total. The Morgan fingerprint density at radius 1 is 1.04 bits per heavy atom. The first-order valence-corrected chi connectivity index (χ1v) is 9.47. The molecule has 7 heteroatoms. The van der Waals surface area contributed by atoms with Crippen molar-refractivity contribution in [1.29, 1.82) is 0 Å². The second-order valence-corrected chi connectivity index (χ2v) is 7.40. The van der Waals surface area contributed by atoms with Crippen molar-refractivity contribution >= 4 is 22.7 Å². The van der Waals surface area contributed by atoms with Crippen molar-refractivity contribution in [2.24, 2.45) is 0 Å². The summed E-state index contributed by atoms with van der Waals surface area (Å²) in [5, 5.41) is 0.848. The first kappa shape index (κ1) is 19.1. The van der Waals surface area contributed by atoms with Gasteiger partial charge >= 0.3 is 0 Å². The van der Waals surface area contributed by atoms with Crippen LogP contribution in [0.1, 0.15) is 22.3 Å². The number of thioether (sulfide) groups is 1. The predicted octanol–water partition coefficient (Wildman–Crippen LogP) is 3.35. The minimum absolute atomic E-state index is 0.319. The van der Waals surface area contributed by atoms with Crippen molar-refractivity contribution in [3.63, 3.8) is 0 Å². The molecule has 0 bridgehead atoms. The summed E-state index contributed by atoms with van der Waals surface area (Å²) in [6.45, 7) is 6.27. The molecule has 142 valence electrons. The van der Waals surface area contributed by atoms with Gasteiger partial charge in [-0.25, -0.2) is 9.66 Å². The third-order valence-corrected chi connectivity index (χ3v) is 5.54. The van der Waals surface area contributed by atoms with Gasteiger partial charge in [0.1, 0.15) is 0 Å². The monoisotopic (exact) mass is 385 g/mol. The van der Waals surface area contributed by atoms with E-state index in [2.05, 4.69) is 37.9 Å². The summed E-state index contributed by atoms with van der Waals surface area (Å²) in [7, 11) is 3.07. The van der Waals surface area contributed by atoms with Gasteiger partial charge in [-0.2, -0.15) is 0 Å². The Balaban J connectivity index is 2.03. The number of nitrogen functional groups attached to an aromatic ring is 1. The second kappa shape index (κ2) is 7.52. The third-order valence-electron chi connectivity index (χ3n) is 4.56. The van der Waals surface area contributed by atoms with E-state index in [1.54, 1.807) is 19.2 Å². The normalized spacial score (nSPS) is 11.0. The highest BCUT2D eigenvalue weighted by Crippen LogP contribution is 2.31. The van der Waals surface area contributed by atoms with Gasteiger partial charge < -0.3 is 15.3 Å². The number of benzene rings is 2. The van der Waals surface area contributed by atoms with Gasteiger partial charge in [-0.1, -0.05) is 29.5 Å². The van der Waals surface area contributed by atoms with Gasteiger partial charge in [0.05, 0.1) is 25.1 Å². The number of hydrogen-bond acceptors (Lipinski definition) is 6. The third kappa shape index (κ3) is 3.60. The van der Waals surface area contributed by atoms with Gasteiger partial charge in [0.15, 0.2) is 16.7 Å². The Morgan fingerprint density at radius 2 is 1.63 bits per heavy atom. The fourth-order valence-electron chi connectivity index (χ4n) is 3.18. The van der Waals surface area contributed by atoms with Crippen LogP contribution in [0.2, 0.25) is 0 Å². The van der Waals surface area contributed by atoms with Crippen LogP contribution in [0.25, 0.3) is 10.9 Å². The summed E-state index contributed by atoms with van der Waals surface area (Å²) >= 11 is 1.44. The van der Waals surface area contributed by atoms with Gasteiger partial charge in [0, 0.05) is 11.8 Å². The SMILES string of the molecule is COc1cc2nc(SCc3c(C)cc(C)cc3C)n(N)c(=O)c2cc1OC. The summed E-state index contributed by atoms with van der Waals surface area (Å²) in [6.07, 6.45) is 0. The van der Waals surface area contributed by atoms with E-state index in [1.807, 2.05) is 0 Å². The number of hydrogen-bond donors (Lipinski definition) is 1. The zero-order valence-electron chi connectivity index (χ0n) is 16.1. The van der Waals surface area contributed by atoms with Crippen LogP contribution < -0.4 is 20.9 Å². The molecule has 0 amide bonds. The van der Waals surface area contributed by atoms with Crippen LogP contribution in [-0.4, -0.2) is 23.9 Å². The molecule has 2 aromatic carbocycles. The molecule has 0 atom stereocenters. The van der Waals surface area contributed by atoms with E-state index in [-0.39, 0.29) is 5.56 Å². The van der Waals surface area contributed by atoms with Crippen LogP contribution >= 0.6 is 11.8 Å². The lowest BCUT2D eigenvalue weighted by Crippen LogP contribution is -2.29. The molecular weight excluding hydrogens is 362 g/mol. The van der Waals surface area contributed by atoms with Crippen LogP contribution in [0, 0.1) is 20.8 Å². The molecular formula is C20H23N3O3S. The highest BCUT2D eigenvalue weighted by atomic mass is 32.2. The van der Waals surface area contributed by atoms with Gasteiger partial charge in [-0.15, -0.1) is 0 Å². The number of ether oxygens (including phenoxy) is 2. The number of aryl methyl sites for hydroxylation is 3. The molecule has 0 saturated carbocycles. The maximum absolute atomic E-state index is 12.7. The summed E-state index contributed by atoms with van der Waals surface area (Å²) in [5.41, 5.74) is 5.11. The number of rotatable bonds is 5. The summed E-state index contributed by atoms with van der Waals surface area (Å²) < 4.78 is 11.7. The summed E-state index contributed by atoms with van der Waals surface area (Å²) in [6, 6.07) is 7.62. The lowest BCUT2D eigenvalue weighted by atomic mass is 10.0. The van der Waals surface area contributed by atoms with E-state index >= 15 is 0 Å². The van der Waals surface area contributed by atoms with Crippen molar-refractivity contribution in [3.8, 4) is 11.5 Å². The summed E-state index contributed by atoms with van der Waals surface area (Å²) in [4.78, 5) is 17.3. The molecule has 0 aliphatic rings. The van der Waals surface area contributed by atoms with E-state index < -0.39 is 0 Å². The van der Waals surface area contributed by atoms with Crippen LogP contribution in [0.15, 0.2) is 34.2 Å². The van der Waals surface area contributed by atoms with Crippen molar-refractivity contribution in [2.75, 3.05) is 20.1 Å². The molecule has 0 aliphatic heterocycles. The van der Waals surface area contributed by atoms with Gasteiger partial charge in [-0.3, -0.25) is 4.79 Å². The van der Waals surface area contributed by atoms with Crippen molar-refractivity contribution in [1.82, 2.24) is 9.66 Å². The fraction of sp³-hybridized carbons (Fsp3) is 0.300. The van der Waals surface area contributed by atoms with E-state index in [1.165, 1.54) is 41.1 Å². The molecule has 2 N–H and O–H groups in total. The first-order valence-electron chi connectivity index (χ1n) is 8.49. The van der Waals surface area contributed by atoms with Crippen molar-refractivity contribution in [3.05, 3.63) is 56.9 Å². The maximum Gasteiger partial charge on any atom is 0.280 e. The van der Waals surface area contributed by atoms with Crippen LogP contribution in [-0.2, 0) is 5.75 Å². The van der Waals surface area contributed by atoms with E-state index in [4.69, 9.17) is 15.3 Å². The smallest absolute Gasteiger partial charge is 0.280 e. The number of aromatic nitrogens is 2. The van der Waals surface area contributed by atoms with Crippen molar-refractivity contribution < 1.29 is 9.47 Å². The lowest BCUT2D eigenvalue weighted by Gasteiger charge is -2.13. The molecule has 1 aromatic heterocycles. The standard InChI is InChI=1S/C20H23N3O3S/c1-11-6-12(2)15(13(3)7-11)10-27-20-22-16-9-18(26-5)17(25-4)8-14(16)19(24)23(20)21/h6-9H,10,21H2,1-5H3. The van der Waals surface area contributed by atoms with E-state index in [0.29, 0.717) is 33.3 Å². The minimum atomic E-state index is -0.319. The summed E-state index contributed by atoms with van der Waals surface area (Å²) in [5.74, 6) is 7.69. The quantitative estimate of drug-likeness (QED) is 0.412. The zero-order valence-corrected chi connectivity index (χ0v) is 16.9. The molecule has 0 aliphatic carbocycles. The molecule has 1 heterocycles. The van der Waals surface area contributed by atoms with Crippen molar-refractivity contribution in [2.45, 2.75) is 31.7 Å². The minimum Gasteiger partial charge on any atom is -0.493 e. The van der Waals surface area contributed by atoms with E-state index in [0.717, 1.165) is 4.68 Å². The average molecular weight is 385 g/mol. The van der Waals surface area contributed by atoms with Gasteiger partial charge in [0.25, 0.3) is 5.56 Å². The predicted molar refractivity (Wildman–Crippen MR) is 109 cm³/mol. The molecule has 3 rings (SSSR count). The maximum atomic E-state index is 12.7. The second-order valence-electron chi connectivity index (χ2n) is 6.46. The topological polar surface area (TPSA) is 79.4 Å². The molecule has 3 aromatic rings. The zero-order chi connectivity index (χ0) is 19.7. The molecule has 0 saturated heterocycles. The molecule has 0 radical (unpaired) electrons. The number of methoxy groups -OCH3 is 2. The Kier molecular flexibility index (Phi) is 5.32.